The number of thiophene rings is 1. The predicted octanol–water partition coefficient (Wildman–Crippen LogP) is 3.69. The van der Waals surface area contributed by atoms with Crippen molar-refractivity contribution < 1.29 is 19.2 Å². The molecule has 1 heterocycles. The van der Waals surface area contributed by atoms with E-state index in [0.717, 1.165) is 10.1 Å². The Labute approximate surface area is 168 Å². The Balaban J connectivity index is 1.64. The maximum Gasteiger partial charge on any atom is 0.310 e. The molecule has 8 nitrogen and oxygen atoms in total. The molecule has 0 saturated heterocycles. The normalized spacial score (nSPS) is 11.6. The Morgan fingerprint density at radius 3 is 2.54 bits per heavy atom. The average molecular weight is 420 g/mol. The van der Waals surface area contributed by atoms with Crippen LogP contribution in [0.5, 0.6) is 5.75 Å². The summed E-state index contributed by atoms with van der Waals surface area (Å²) in [5.74, 6) is -1.30. The summed E-state index contributed by atoms with van der Waals surface area (Å²) in [5.41, 5.74) is 4.25. The fourth-order valence-electron chi connectivity index (χ4n) is 2.39. The third kappa shape index (κ3) is 4.05. The lowest BCUT2D eigenvalue weighted by atomic mass is 10.2. The van der Waals surface area contributed by atoms with Crippen LogP contribution in [-0.4, -0.2) is 22.8 Å². The molecule has 3 rings (SSSR count). The van der Waals surface area contributed by atoms with Gasteiger partial charge in [0.05, 0.1) is 9.95 Å². The van der Waals surface area contributed by atoms with E-state index >= 15 is 0 Å². The van der Waals surface area contributed by atoms with Crippen molar-refractivity contribution in [3.8, 4) is 5.75 Å². The van der Waals surface area contributed by atoms with Gasteiger partial charge < -0.3 is 4.74 Å². The highest BCUT2D eigenvalue weighted by atomic mass is 35.5. The van der Waals surface area contributed by atoms with E-state index in [1.54, 1.807) is 12.1 Å². The monoisotopic (exact) mass is 419 g/mol. The third-order valence-electron chi connectivity index (χ3n) is 3.78. The van der Waals surface area contributed by atoms with Crippen LogP contribution in [0.1, 0.15) is 16.6 Å². The van der Waals surface area contributed by atoms with Crippen LogP contribution in [0.2, 0.25) is 5.02 Å². The molecule has 3 aromatic rings. The van der Waals surface area contributed by atoms with E-state index in [1.807, 2.05) is 18.2 Å². The highest BCUT2D eigenvalue weighted by Gasteiger charge is 2.22. The van der Waals surface area contributed by atoms with Gasteiger partial charge in [0.25, 0.3) is 11.8 Å². The molecule has 1 atom stereocenters. The number of hydrogen-bond acceptors (Lipinski definition) is 6. The summed E-state index contributed by atoms with van der Waals surface area (Å²) < 4.78 is 6.19. The van der Waals surface area contributed by atoms with Gasteiger partial charge in [-0.3, -0.25) is 30.6 Å². The average Bonchev–Trinajstić information content (AvgIpc) is 3.03. The number of nitro groups is 1. The van der Waals surface area contributed by atoms with E-state index in [2.05, 4.69) is 10.9 Å². The molecule has 2 N–H and O–H groups in total. The molecule has 2 aromatic carbocycles. The van der Waals surface area contributed by atoms with Crippen molar-refractivity contribution in [2.75, 3.05) is 0 Å². The number of carbonyl (C=O) groups is 2. The summed E-state index contributed by atoms with van der Waals surface area (Å²) in [6, 6.07) is 13.0. The molecular formula is C18H14ClN3O5S. The van der Waals surface area contributed by atoms with Gasteiger partial charge in [-0.05, 0) is 19.1 Å². The van der Waals surface area contributed by atoms with E-state index in [0.29, 0.717) is 5.02 Å². The molecule has 0 aliphatic carbocycles. The smallest absolute Gasteiger partial charge is 0.310 e. The number of hydrogen-bond donors (Lipinski definition) is 2. The fraction of sp³-hybridized carbons (Fsp3) is 0.111. The van der Waals surface area contributed by atoms with Crippen molar-refractivity contribution in [2.45, 2.75) is 13.0 Å². The molecule has 1 aromatic heterocycles. The lowest BCUT2D eigenvalue weighted by Crippen LogP contribution is -2.47. The minimum Gasteiger partial charge on any atom is -0.474 e. The zero-order valence-corrected chi connectivity index (χ0v) is 16.0. The van der Waals surface area contributed by atoms with Crippen LogP contribution in [0.4, 0.5) is 5.69 Å². The SMILES string of the molecule is CC(Oc1ccccc1[N+](=O)[O-])C(=O)NNC(=O)c1sc2ccccc2c1Cl. The number of nitrogens with zero attached hydrogens (tertiary/aromatic N) is 1. The number of benzene rings is 2. The number of para-hydroxylation sites is 2. The van der Waals surface area contributed by atoms with Crippen LogP contribution in [0, 0.1) is 10.1 Å². The van der Waals surface area contributed by atoms with Gasteiger partial charge >= 0.3 is 5.69 Å². The molecule has 144 valence electrons. The molecule has 0 spiro atoms. The van der Waals surface area contributed by atoms with Crippen LogP contribution in [0.15, 0.2) is 48.5 Å². The highest BCUT2D eigenvalue weighted by molar-refractivity contribution is 7.21. The largest absolute Gasteiger partial charge is 0.474 e. The number of amides is 2. The van der Waals surface area contributed by atoms with E-state index < -0.39 is 22.8 Å². The summed E-state index contributed by atoms with van der Waals surface area (Å²) in [6.07, 6.45) is -1.08. The van der Waals surface area contributed by atoms with E-state index in [4.69, 9.17) is 16.3 Å². The predicted molar refractivity (Wildman–Crippen MR) is 106 cm³/mol. The van der Waals surface area contributed by atoms with Crippen molar-refractivity contribution in [3.63, 3.8) is 0 Å². The van der Waals surface area contributed by atoms with Gasteiger partial charge in [0.15, 0.2) is 11.9 Å². The first kappa shape index (κ1) is 19.6. The number of nitro benzene ring substituents is 1. The van der Waals surface area contributed by atoms with Gasteiger partial charge in [-0.15, -0.1) is 11.3 Å². The van der Waals surface area contributed by atoms with Gasteiger partial charge in [0.2, 0.25) is 0 Å². The van der Waals surface area contributed by atoms with Gasteiger partial charge in [0.1, 0.15) is 4.88 Å². The topological polar surface area (TPSA) is 111 Å². The number of carbonyl (C=O) groups excluding carboxylic acids is 2. The maximum absolute atomic E-state index is 12.3. The fourth-order valence-corrected chi connectivity index (χ4v) is 3.80. The molecule has 10 heteroatoms. The maximum atomic E-state index is 12.3. The lowest BCUT2D eigenvalue weighted by Gasteiger charge is -2.15. The van der Waals surface area contributed by atoms with Crippen molar-refractivity contribution >= 4 is 50.5 Å². The van der Waals surface area contributed by atoms with Crippen molar-refractivity contribution in [1.82, 2.24) is 10.9 Å². The first-order chi connectivity index (χ1) is 13.4. The molecule has 0 saturated carbocycles. The highest BCUT2D eigenvalue weighted by Crippen LogP contribution is 2.34. The first-order valence-electron chi connectivity index (χ1n) is 8.05. The molecule has 0 bridgehead atoms. The number of nitrogens with one attached hydrogen (secondary N) is 2. The zero-order valence-electron chi connectivity index (χ0n) is 14.5. The van der Waals surface area contributed by atoms with E-state index in [-0.39, 0.29) is 16.3 Å². The zero-order chi connectivity index (χ0) is 20.3. The van der Waals surface area contributed by atoms with Gasteiger partial charge in [-0.2, -0.15) is 0 Å². The van der Waals surface area contributed by atoms with Crippen LogP contribution in [0.3, 0.4) is 0 Å². The quantitative estimate of drug-likeness (QED) is 0.484. The molecule has 0 aliphatic heterocycles. The second kappa shape index (κ2) is 8.24. The summed E-state index contributed by atoms with van der Waals surface area (Å²) in [6.45, 7) is 1.41. The van der Waals surface area contributed by atoms with Crippen molar-refractivity contribution in [1.29, 1.82) is 0 Å². The summed E-state index contributed by atoms with van der Waals surface area (Å²) in [4.78, 5) is 35.2. The minimum absolute atomic E-state index is 0.0472. The Kier molecular flexibility index (Phi) is 5.76. The molecule has 0 radical (unpaired) electrons. The Bertz CT molecular complexity index is 1070. The van der Waals surface area contributed by atoms with E-state index in [9.17, 15) is 19.7 Å². The molecule has 28 heavy (non-hydrogen) atoms. The molecule has 2 amide bonds. The van der Waals surface area contributed by atoms with Crippen LogP contribution >= 0.6 is 22.9 Å². The van der Waals surface area contributed by atoms with Gasteiger partial charge in [0, 0.05) is 16.2 Å². The Hall–Kier alpha value is -3.17. The molecule has 1 unspecified atom stereocenters. The third-order valence-corrected chi connectivity index (χ3v) is 5.45. The van der Waals surface area contributed by atoms with Gasteiger partial charge in [-0.25, -0.2) is 0 Å². The standard InChI is InChI=1S/C18H14ClN3O5S/c1-10(27-13-8-4-3-7-12(13)22(25)26)17(23)20-21-18(24)16-15(19)11-6-2-5-9-14(11)28-16/h2-10H,1H3,(H,20,23)(H,21,24). The Morgan fingerprint density at radius 1 is 1.14 bits per heavy atom. The van der Waals surface area contributed by atoms with Crippen LogP contribution < -0.4 is 15.6 Å². The number of rotatable bonds is 5. The van der Waals surface area contributed by atoms with Crippen molar-refractivity contribution in [2.24, 2.45) is 0 Å². The van der Waals surface area contributed by atoms with Crippen LogP contribution in [-0.2, 0) is 4.79 Å². The summed E-state index contributed by atoms with van der Waals surface area (Å²) >= 11 is 7.43. The molecular weight excluding hydrogens is 406 g/mol. The number of halogens is 1. The lowest BCUT2D eigenvalue weighted by molar-refractivity contribution is -0.386. The summed E-state index contributed by atoms with van der Waals surface area (Å²) in [5, 5.41) is 12.1. The van der Waals surface area contributed by atoms with Gasteiger partial charge in [-0.1, -0.05) is 41.9 Å². The second-order valence-electron chi connectivity index (χ2n) is 5.67. The molecule has 0 aliphatic rings. The number of ether oxygens (including phenoxy) is 1. The summed E-state index contributed by atoms with van der Waals surface area (Å²) in [7, 11) is 0. The minimum atomic E-state index is -1.08. The number of hydrazine groups is 1. The van der Waals surface area contributed by atoms with E-state index in [1.165, 1.54) is 36.5 Å². The van der Waals surface area contributed by atoms with Crippen LogP contribution in [0.25, 0.3) is 10.1 Å². The second-order valence-corrected chi connectivity index (χ2v) is 7.10. The first-order valence-corrected chi connectivity index (χ1v) is 9.25. The van der Waals surface area contributed by atoms with Crippen molar-refractivity contribution in [3.05, 3.63) is 68.5 Å². The Morgan fingerprint density at radius 2 is 1.82 bits per heavy atom. The number of fused-ring (bicyclic) bond motifs is 1. The molecule has 0 fully saturated rings.